The molecule has 8 heterocycles. The third-order valence-electron chi connectivity index (χ3n) is 11.8. The molecule has 0 aliphatic heterocycles. The van der Waals surface area contributed by atoms with E-state index < -0.39 is 0 Å². The Hall–Kier alpha value is -5.66. The standard InChI is InChI=1S/C31H40N5.C12H12N2O2.C12H12N2.ClH.Os.W/c1-4-26(29-9-18-34(3)19-10-29)23-31(28-7-13-32-14-8-28)24-27(5-2)30-11-20-35(21-12-30)16-6-17-36-22-15-33-25-36;1-15-9-3-5-13-11(7-9)12-8-10(16-2)4-6-14-12;1-9-3-5-13-11(7-9)12-8-10(2)4-6-14-12;;;/h7-15,18-22,25-27,31H,3-6,16-17,23-24H2,1-2H3;3-8H,1-2H3;3-8H,1-2H3;1H;;/q+1;;;;+1;/p-1. The van der Waals surface area contributed by atoms with E-state index in [-0.39, 0.29) is 21.1 Å². The molecule has 14 heteroatoms. The Bertz CT molecular complexity index is 2560. The number of rotatable bonds is 17. The maximum absolute atomic E-state index is 5.13. The molecule has 0 spiro atoms. The predicted octanol–water partition coefficient (Wildman–Crippen LogP) is 11.4. The quantitative estimate of drug-likeness (QED) is 0.0655. The van der Waals surface area contributed by atoms with Crippen molar-refractivity contribution in [2.45, 2.75) is 90.6 Å². The van der Waals surface area contributed by atoms with E-state index in [0.717, 1.165) is 79.5 Å². The first kappa shape index (κ1) is 55.9. The number of aryl methyl sites for hydroxylation is 4. The van der Waals surface area contributed by atoms with Gasteiger partial charge in [-0.25, -0.2) is 9.55 Å². The molecule has 0 fully saturated rings. The fraction of sp³-hybridized carbons (Fsp3) is 0.291. The van der Waals surface area contributed by atoms with Crippen molar-refractivity contribution in [3.8, 4) is 34.3 Å². The molecule has 0 amide bonds. The van der Waals surface area contributed by atoms with Crippen molar-refractivity contribution in [3.63, 3.8) is 0 Å². The van der Waals surface area contributed by atoms with Crippen LogP contribution >= 0.6 is 9.64 Å². The number of ether oxygens (including phenoxy) is 2. The molecule has 0 aliphatic carbocycles. The molecule has 3 atom stereocenters. The minimum Gasteiger partial charge on any atom is 0 e. The van der Waals surface area contributed by atoms with E-state index in [1.807, 2.05) is 84.5 Å². The van der Waals surface area contributed by atoms with Gasteiger partial charge in [-0.1, -0.05) is 31.5 Å². The van der Waals surface area contributed by atoms with Crippen LogP contribution in [0.3, 0.4) is 0 Å². The number of imidazole rings is 1. The van der Waals surface area contributed by atoms with Crippen molar-refractivity contribution >= 4 is 9.64 Å². The van der Waals surface area contributed by atoms with E-state index in [4.69, 9.17) is 9.47 Å². The van der Waals surface area contributed by atoms with Gasteiger partial charge < -0.3 is 18.6 Å². The van der Waals surface area contributed by atoms with Crippen molar-refractivity contribution in [3.05, 3.63) is 200 Å². The summed E-state index contributed by atoms with van der Waals surface area (Å²) in [6, 6.07) is 28.8. The van der Waals surface area contributed by atoms with Gasteiger partial charge in [-0.2, -0.15) is 0 Å². The minimum atomic E-state index is 0. The number of nitrogens with zero attached hydrogens (tertiary/aromatic N) is 9. The van der Waals surface area contributed by atoms with Crippen LogP contribution < -0.4 is 18.6 Å². The number of aromatic nitrogens is 9. The Morgan fingerprint density at radius 2 is 1.03 bits per heavy atom. The van der Waals surface area contributed by atoms with E-state index in [1.165, 1.54) is 45.4 Å². The number of halogens is 1. The predicted molar refractivity (Wildman–Crippen MR) is 267 cm³/mol. The summed E-state index contributed by atoms with van der Waals surface area (Å²) < 4.78 is 16.6. The molecule has 0 N–H and O–H groups in total. The van der Waals surface area contributed by atoms with E-state index in [9.17, 15) is 0 Å². The van der Waals surface area contributed by atoms with Crippen molar-refractivity contribution in [1.29, 1.82) is 0 Å². The van der Waals surface area contributed by atoms with Crippen LogP contribution in [0, 0.1) is 20.9 Å². The molecule has 3 unspecified atom stereocenters. The van der Waals surface area contributed by atoms with Crippen LogP contribution in [0.5, 0.6) is 11.5 Å². The molecular formula is C55H64ClN9O2OsW+. The third-order valence-corrected chi connectivity index (χ3v) is 11.8. The van der Waals surface area contributed by atoms with Crippen LogP contribution in [0.4, 0.5) is 0 Å². The first-order chi connectivity index (χ1) is 33.2. The van der Waals surface area contributed by atoms with E-state index >= 15 is 0 Å². The molecule has 361 valence electrons. The van der Waals surface area contributed by atoms with E-state index in [0.29, 0.717) is 17.8 Å². The molecule has 69 heavy (non-hydrogen) atoms. The molecule has 8 aromatic rings. The van der Waals surface area contributed by atoms with E-state index in [2.05, 4.69) is 145 Å². The average molecular weight is 1290 g/mol. The normalized spacial score (nSPS) is 11.7. The number of hydrogen-bond donors (Lipinski definition) is 0. The molecule has 8 rings (SSSR count). The summed E-state index contributed by atoms with van der Waals surface area (Å²) >= 11 is 1.33. The molecular weight excluding hydrogens is 1230 g/mol. The first-order valence-electron chi connectivity index (χ1n) is 22.9. The third kappa shape index (κ3) is 18.3. The van der Waals surface area contributed by atoms with Gasteiger partial charge in [0.1, 0.15) is 18.0 Å². The Kier molecular flexibility index (Phi) is 24.9. The van der Waals surface area contributed by atoms with Crippen LogP contribution in [0.15, 0.2) is 166 Å². The van der Waals surface area contributed by atoms with Gasteiger partial charge in [-0.05, 0) is 128 Å². The van der Waals surface area contributed by atoms with Gasteiger partial charge in [-0.3, -0.25) is 24.9 Å². The van der Waals surface area contributed by atoms with Gasteiger partial charge in [-0.15, -0.1) is 0 Å². The summed E-state index contributed by atoms with van der Waals surface area (Å²) in [5.41, 5.74) is 10.1. The van der Waals surface area contributed by atoms with Gasteiger partial charge in [0, 0.05) is 115 Å². The summed E-state index contributed by atoms with van der Waals surface area (Å²) in [6.07, 6.45) is 30.9. The first-order valence-corrected chi connectivity index (χ1v) is 26.1. The number of methoxy groups -OCH3 is 2. The Labute approximate surface area is 438 Å². The summed E-state index contributed by atoms with van der Waals surface area (Å²) in [4.78, 5) is 25.5. The van der Waals surface area contributed by atoms with Gasteiger partial charge in [0.2, 0.25) is 0 Å². The Balaban J connectivity index is 0.000000258. The van der Waals surface area contributed by atoms with Crippen LogP contribution in [-0.2, 0) is 51.8 Å². The molecule has 0 aromatic carbocycles. The largest absolute Gasteiger partial charge is 0 e. The maximum atomic E-state index is 5.13. The van der Waals surface area contributed by atoms with Crippen LogP contribution in [0.1, 0.15) is 91.5 Å². The van der Waals surface area contributed by atoms with Gasteiger partial charge in [0.05, 0.1) is 55.7 Å². The Morgan fingerprint density at radius 1 is 0.580 bits per heavy atom. The van der Waals surface area contributed by atoms with Gasteiger partial charge in [0.25, 0.3) is 0 Å². The average Bonchev–Trinajstić information content (AvgIpc) is 3.92. The maximum Gasteiger partial charge on any atom is 0 e. The summed E-state index contributed by atoms with van der Waals surface area (Å²) in [5, 5.41) is 0. The molecule has 11 nitrogen and oxygen atoms in total. The van der Waals surface area contributed by atoms with Gasteiger partial charge >= 0.3 is 27.2 Å². The zero-order valence-electron chi connectivity index (χ0n) is 40.5. The Morgan fingerprint density at radius 3 is 1.46 bits per heavy atom. The molecule has 0 saturated carbocycles. The smallest absolute Gasteiger partial charge is 0 e. The number of hydrogen-bond acceptors (Lipinski definition) is 8. The van der Waals surface area contributed by atoms with Gasteiger partial charge in [0.15, 0.2) is 12.4 Å². The van der Waals surface area contributed by atoms with Crippen molar-refractivity contribution < 1.29 is 57.3 Å². The summed E-state index contributed by atoms with van der Waals surface area (Å²) in [5.74, 6) is 3.05. The van der Waals surface area contributed by atoms with Crippen molar-refractivity contribution in [2.24, 2.45) is 0 Å². The van der Waals surface area contributed by atoms with E-state index in [1.54, 1.807) is 38.7 Å². The second kappa shape index (κ2) is 30.8. The minimum absolute atomic E-state index is 0. The summed E-state index contributed by atoms with van der Waals surface area (Å²) in [7, 11) is 11.9. The zero-order valence-corrected chi connectivity index (χ0v) is 46.7. The van der Waals surface area contributed by atoms with Crippen LogP contribution in [0.2, 0.25) is 0 Å². The second-order valence-corrected chi connectivity index (χ2v) is 16.4. The topological polar surface area (TPSA) is 108 Å². The van der Waals surface area contributed by atoms with Crippen molar-refractivity contribution in [1.82, 2.24) is 34.5 Å². The SMILES string of the molecule is COc1ccnc(-c2cc(OC)ccn2)c1.Cc1ccnc(-c2cc(C)ccn2)c1.[CH2-][n+]1ccc(C(CC)CC(CC(CC)c2cc[n+](CCCn3ccnc3)cc2)c2ccncc2)cc1.[Cl][Os].[W]. The molecule has 0 bridgehead atoms. The zero-order chi connectivity index (χ0) is 48.5. The fourth-order valence-electron chi connectivity index (χ4n) is 7.96. The van der Waals surface area contributed by atoms with Crippen LogP contribution in [-0.4, -0.2) is 48.7 Å². The monoisotopic (exact) mass is 1290 g/mol. The van der Waals surface area contributed by atoms with Crippen molar-refractivity contribution in [2.75, 3.05) is 14.2 Å². The van der Waals surface area contributed by atoms with Crippen LogP contribution in [0.25, 0.3) is 22.8 Å². The fourth-order valence-corrected chi connectivity index (χ4v) is 7.96. The molecule has 0 saturated heterocycles. The second-order valence-electron chi connectivity index (χ2n) is 16.4. The molecule has 0 aliphatic rings. The number of pyridine rings is 7. The molecule has 0 radical (unpaired) electrons. The summed E-state index contributed by atoms with van der Waals surface area (Å²) in [6.45, 7) is 10.7. The molecule has 8 aromatic heterocycles.